The second-order valence-corrected chi connectivity index (χ2v) is 11.4. The van der Waals surface area contributed by atoms with Crippen LogP contribution in [-0.4, -0.2) is 38.1 Å². The lowest BCUT2D eigenvalue weighted by Crippen LogP contribution is -2.23. The first-order valence-corrected chi connectivity index (χ1v) is 12.5. The van der Waals surface area contributed by atoms with E-state index in [1.807, 2.05) is 0 Å². The van der Waals surface area contributed by atoms with Crippen LogP contribution in [0.25, 0.3) is 22.7 Å². The maximum Gasteiger partial charge on any atom is 0.501 e. The quantitative estimate of drug-likeness (QED) is 0.507. The molecule has 1 aliphatic rings. The van der Waals surface area contributed by atoms with Gasteiger partial charge in [0.2, 0.25) is 5.89 Å². The normalized spacial score (nSPS) is 15.1. The van der Waals surface area contributed by atoms with Crippen molar-refractivity contribution in [3.05, 3.63) is 35.5 Å². The molecule has 0 saturated heterocycles. The van der Waals surface area contributed by atoms with E-state index in [9.17, 15) is 30.0 Å². The number of nitrogens with zero attached hydrogens (tertiary/aromatic N) is 2. The molecule has 12 heteroatoms. The number of sulfone groups is 2. The monoisotopic (exact) mass is 484 g/mol. The maximum atomic E-state index is 12.9. The van der Waals surface area contributed by atoms with Crippen molar-refractivity contribution in [2.75, 3.05) is 5.75 Å². The van der Waals surface area contributed by atoms with Crippen molar-refractivity contribution < 1.29 is 34.4 Å². The number of alkyl halides is 3. The molecule has 1 aromatic carbocycles. The topological polar surface area (TPSA) is 107 Å². The van der Waals surface area contributed by atoms with Gasteiger partial charge in [-0.2, -0.15) is 13.2 Å². The third-order valence-electron chi connectivity index (χ3n) is 5.06. The summed E-state index contributed by atoms with van der Waals surface area (Å²) in [7, 11) is -9.39. The van der Waals surface area contributed by atoms with Gasteiger partial charge in [0.15, 0.2) is 15.4 Å². The third kappa shape index (κ3) is 3.65. The molecule has 3 aromatic rings. The average Bonchev–Trinajstić information content (AvgIpc) is 3.49. The Morgan fingerprint density at radius 3 is 2.41 bits per heavy atom. The molecule has 4 rings (SSSR count). The van der Waals surface area contributed by atoms with E-state index in [2.05, 4.69) is 15.9 Å². The van der Waals surface area contributed by atoms with Crippen LogP contribution in [0.5, 0.6) is 0 Å². The Labute approximate surface area is 181 Å². The molecule has 2 aromatic heterocycles. The zero-order valence-corrected chi connectivity index (χ0v) is 18.1. The minimum absolute atomic E-state index is 0.0451. The number of hydrogen-bond donors (Lipinski definition) is 0. The summed E-state index contributed by atoms with van der Waals surface area (Å²) in [6.45, 7) is 1.45. The van der Waals surface area contributed by atoms with Crippen LogP contribution < -0.4 is 0 Å². The molecular weight excluding hydrogens is 469 g/mol. The molecule has 0 radical (unpaired) electrons. The highest BCUT2D eigenvalue weighted by Gasteiger charge is 2.47. The van der Waals surface area contributed by atoms with Crippen LogP contribution in [0.3, 0.4) is 0 Å². The van der Waals surface area contributed by atoms with Crippen LogP contribution in [-0.2, 0) is 19.7 Å². The van der Waals surface area contributed by atoms with Crippen molar-refractivity contribution in [3.63, 3.8) is 0 Å². The summed E-state index contributed by atoms with van der Waals surface area (Å²) in [5.74, 6) is 1.99. The molecule has 0 atom stereocenters. The summed E-state index contributed by atoms with van der Waals surface area (Å²) in [6.07, 6.45) is 7.25. The maximum absolute atomic E-state index is 12.9. The van der Waals surface area contributed by atoms with E-state index in [0.29, 0.717) is 11.6 Å². The van der Waals surface area contributed by atoms with E-state index in [1.165, 1.54) is 13.0 Å². The Hall–Kier alpha value is -2.91. The predicted octanol–water partition coefficient (Wildman–Crippen LogP) is 3.84. The molecule has 0 N–H and O–H groups in total. The van der Waals surface area contributed by atoms with Gasteiger partial charge in [-0.3, -0.25) is 0 Å². The minimum atomic E-state index is -5.60. The summed E-state index contributed by atoms with van der Waals surface area (Å²) < 4.78 is 93.0. The van der Waals surface area contributed by atoms with Crippen molar-refractivity contribution in [2.24, 2.45) is 0 Å². The molecule has 7 nitrogen and oxygen atoms in total. The van der Waals surface area contributed by atoms with E-state index in [4.69, 9.17) is 10.8 Å². The number of oxazole rings is 1. The fourth-order valence-corrected chi connectivity index (χ4v) is 5.01. The molecule has 2 heterocycles. The Kier molecular flexibility index (Phi) is 5.09. The zero-order valence-electron chi connectivity index (χ0n) is 16.5. The van der Waals surface area contributed by atoms with Crippen molar-refractivity contribution in [1.29, 1.82) is 0 Å². The van der Waals surface area contributed by atoms with Gasteiger partial charge in [-0.25, -0.2) is 26.8 Å². The minimum Gasteiger partial charge on any atom is -0.435 e. The fourth-order valence-electron chi connectivity index (χ4n) is 3.19. The number of halogens is 3. The standard InChI is InChI=1S/C20H15F3N2O5S2/c1-3-14-13(11-5-6-11)10-17(31(26,27)4-2)18(24-14)19-25-15-9-12(7-8-16(15)30-19)32(28,29)20(21,22)23/h1,7-11H,4-6H2,2H3. The second-order valence-electron chi connectivity index (χ2n) is 7.19. The van der Waals surface area contributed by atoms with E-state index in [0.717, 1.165) is 25.0 Å². The number of rotatable bonds is 5. The highest BCUT2D eigenvalue weighted by Crippen LogP contribution is 2.43. The Morgan fingerprint density at radius 1 is 1.16 bits per heavy atom. The van der Waals surface area contributed by atoms with Gasteiger partial charge in [-0.1, -0.05) is 6.92 Å². The lowest BCUT2D eigenvalue weighted by Gasteiger charge is -2.10. The Morgan fingerprint density at radius 2 is 1.84 bits per heavy atom. The van der Waals surface area contributed by atoms with Gasteiger partial charge in [0.1, 0.15) is 16.9 Å². The van der Waals surface area contributed by atoms with Crippen molar-refractivity contribution in [1.82, 2.24) is 9.97 Å². The van der Waals surface area contributed by atoms with E-state index < -0.39 is 30.1 Å². The van der Waals surface area contributed by atoms with E-state index in [-0.39, 0.29) is 44.9 Å². The van der Waals surface area contributed by atoms with Crippen LogP contribution >= 0.6 is 0 Å². The molecule has 0 spiro atoms. The first-order chi connectivity index (χ1) is 14.9. The number of benzene rings is 1. The molecule has 168 valence electrons. The van der Waals surface area contributed by atoms with E-state index >= 15 is 0 Å². The number of pyridine rings is 1. The van der Waals surface area contributed by atoms with Crippen molar-refractivity contribution in [2.45, 2.75) is 41.0 Å². The first kappa shape index (κ1) is 22.3. The van der Waals surface area contributed by atoms with Gasteiger partial charge in [-0.05, 0) is 54.5 Å². The lowest BCUT2D eigenvalue weighted by molar-refractivity contribution is -0.0435. The molecule has 0 bridgehead atoms. The lowest BCUT2D eigenvalue weighted by atomic mass is 10.1. The van der Waals surface area contributed by atoms with E-state index in [1.54, 1.807) is 0 Å². The summed E-state index contributed by atoms with van der Waals surface area (Å²) in [4.78, 5) is 7.12. The number of terminal acetylenes is 1. The fraction of sp³-hybridized carbons (Fsp3) is 0.300. The Bertz CT molecular complexity index is 1500. The smallest absolute Gasteiger partial charge is 0.435 e. The van der Waals surface area contributed by atoms with Gasteiger partial charge in [-0.15, -0.1) is 6.42 Å². The number of fused-ring (bicyclic) bond motifs is 1. The number of hydrogen-bond acceptors (Lipinski definition) is 7. The van der Waals surface area contributed by atoms with Crippen LogP contribution in [0.1, 0.15) is 36.9 Å². The molecule has 32 heavy (non-hydrogen) atoms. The second kappa shape index (κ2) is 7.31. The molecule has 0 amide bonds. The zero-order chi connectivity index (χ0) is 23.5. The third-order valence-corrected chi connectivity index (χ3v) is 8.29. The van der Waals surface area contributed by atoms with Crippen molar-refractivity contribution in [3.8, 4) is 23.9 Å². The Balaban J connectivity index is 1.93. The van der Waals surface area contributed by atoms with Gasteiger partial charge in [0, 0.05) is 0 Å². The van der Waals surface area contributed by atoms with Crippen LogP contribution in [0, 0.1) is 12.3 Å². The highest BCUT2D eigenvalue weighted by molar-refractivity contribution is 7.92. The average molecular weight is 484 g/mol. The summed E-state index contributed by atoms with van der Waals surface area (Å²) in [5, 5.41) is 0. The predicted molar refractivity (Wildman–Crippen MR) is 108 cm³/mol. The molecule has 1 saturated carbocycles. The van der Waals surface area contributed by atoms with Crippen molar-refractivity contribution >= 4 is 30.8 Å². The van der Waals surface area contributed by atoms with Gasteiger partial charge >= 0.3 is 5.51 Å². The summed E-state index contributed by atoms with van der Waals surface area (Å²) in [5.41, 5.74) is -5.08. The SMILES string of the molecule is C#Cc1nc(-c2nc3cc(S(=O)(=O)C(F)(F)F)ccc3o2)c(S(=O)(=O)CC)cc1C1CC1. The largest absolute Gasteiger partial charge is 0.501 e. The molecule has 0 unspecified atom stereocenters. The van der Waals surface area contributed by atoms with Gasteiger partial charge in [0.05, 0.1) is 15.5 Å². The van der Waals surface area contributed by atoms with Crippen LogP contribution in [0.4, 0.5) is 13.2 Å². The van der Waals surface area contributed by atoms with Gasteiger partial charge in [0.25, 0.3) is 9.84 Å². The molecule has 0 aliphatic heterocycles. The molecule has 1 fully saturated rings. The van der Waals surface area contributed by atoms with Crippen LogP contribution in [0.15, 0.2) is 38.5 Å². The first-order valence-electron chi connectivity index (χ1n) is 9.35. The molecule has 1 aliphatic carbocycles. The van der Waals surface area contributed by atoms with Gasteiger partial charge < -0.3 is 4.42 Å². The highest BCUT2D eigenvalue weighted by atomic mass is 32.2. The summed E-state index contributed by atoms with van der Waals surface area (Å²) in [6, 6.07) is 3.90. The summed E-state index contributed by atoms with van der Waals surface area (Å²) >= 11 is 0. The van der Waals surface area contributed by atoms with Crippen LogP contribution in [0.2, 0.25) is 0 Å². The molecular formula is C20H15F3N2O5S2. The number of aromatic nitrogens is 2.